The van der Waals surface area contributed by atoms with Crippen molar-refractivity contribution in [3.8, 4) is 0 Å². The van der Waals surface area contributed by atoms with Gasteiger partial charge in [-0.25, -0.2) is 0 Å². The fraction of sp³-hybridized carbons (Fsp3) is 0.438. The van der Waals surface area contributed by atoms with Crippen LogP contribution in [0, 0.1) is 6.92 Å². The predicted octanol–water partition coefficient (Wildman–Crippen LogP) is 2.79. The molecule has 2 atom stereocenters. The van der Waals surface area contributed by atoms with Crippen LogP contribution in [0.2, 0.25) is 0 Å². The lowest BCUT2D eigenvalue weighted by molar-refractivity contribution is 0.170. The Hall–Kier alpha value is -1.45. The normalized spacial score (nSPS) is 14.5. The van der Waals surface area contributed by atoms with Gasteiger partial charge in [0.1, 0.15) is 0 Å². The summed E-state index contributed by atoms with van der Waals surface area (Å²) in [4.78, 5) is 4.54. The van der Waals surface area contributed by atoms with E-state index in [0.29, 0.717) is 6.04 Å². The molecule has 0 aliphatic carbocycles. The number of benzene rings is 1. The molecule has 19 heavy (non-hydrogen) atoms. The molecule has 1 heterocycles. The minimum absolute atomic E-state index is 0.265. The maximum atomic E-state index is 9.39. The van der Waals surface area contributed by atoms with Gasteiger partial charge in [0.15, 0.2) is 0 Å². The topological polar surface area (TPSA) is 45.1 Å². The van der Waals surface area contributed by atoms with Crippen LogP contribution in [0.1, 0.15) is 31.5 Å². The second-order valence-corrected chi connectivity index (χ2v) is 5.31. The van der Waals surface area contributed by atoms with Crippen molar-refractivity contribution < 1.29 is 5.11 Å². The van der Waals surface area contributed by atoms with Crippen LogP contribution in [-0.2, 0) is 6.54 Å². The summed E-state index contributed by atoms with van der Waals surface area (Å²) in [5.74, 6) is 0. The Labute approximate surface area is 114 Å². The van der Waals surface area contributed by atoms with Crippen LogP contribution < -0.4 is 5.32 Å². The molecule has 2 rings (SSSR count). The lowest BCUT2D eigenvalue weighted by Gasteiger charge is -2.16. The van der Waals surface area contributed by atoms with Gasteiger partial charge in [0.2, 0.25) is 0 Å². The van der Waals surface area contributed by atoms with Crippen LogP contribution in [0.15, 0.2) is 30.3 Å². The lowest BCUT2D eigenvalue weighted by atomic mass is 10.1. The molecule has 2 unspecified atom stereocenters. The van der Waals surface area contributed by atoms with E-state index in [-0.39, 0.29) is 6.10 Å². The fourth-order valence-corrected chi connectivity index (χ4v) is 2.42. The number of aromatic nitrogens is 1. The van der Waals surface area contributed by atoms with Crippen molar-refractivity contribution in [3.63, 3.8) is 0 Å². The largest absolute Gasteiger partial charge is 0.393 e. The smallest absolute Gasteiger partial charge is 0.0708 e. The van der Waals surface area contributed by atoms with Crippen molar-refractivity contribution in [1.82, 2.24) is 10.3 Å². The summed E-state index contributed by atoms with van der Waals surface area (Å²) in [6, 6.07) is 10.6. The summed E-state index contributed by atoms with van der Waals surface area (Å²) in [6.07, 6.45) is 0.501. The van der Waals surface area contributed by atoms with Crippen LogP contribution >= 0.6 is 0 Å². The van der Waals surface area contributed by atoms with E-state index in [0.717, 1.165) is 24.2 Å². The number of nitrogens with one attached hydrogen (secondary N) is 1. The molecule has 0 saturated carbocycles. The molecule has 102 valence electrons. The summed E-state index contributed by atoms with van der Waals surface area (Å²) >= 11 is 0. The van der Waals surface area contributed by atoms with Gasteiger partial charge in [-0.2, -0.15) is 0 Å². The van der Waals surface area contributed by atoms with Gasteiger partial charge in [0.25, 0.3) is 0 Å². The highest BCUT2D eigenvalue weighted by Crippen LogP contribution is 2.18. The van der Waals surface area contributed by atoms with E-state index < -0.39 is 0 Å². The number of hydrogen-bond acceptors (Lipinski definition) is 3. The maximum absolute atomic E-state index is 9.39. The zero-order chi connectivity index (χ0) is 13.8. The van der Waals surface area contributed by atoms with Gasteiger partial charge >= 0.3 is 0 Å². The molecule has 2 N–H and O–H groups in total. The van der Waals surface area contributed by atoms with Gasteiger partial charge in [-0.3, -0.25) is 4.98 Å². The van der Waals surface area contributed by atoms with Crippen molar-refractivity contribution >= 4 is 10.9 Å². The molecule has 1 aromatic carbocycles. The van der Waals surface area contributed by atoms with E-state index in [1.807, 2.05) is 32.0 Å². The number of aliphatic hydroxyl groups excluding tert-OH is 1. The summed E-state index contributed by atoms with van der Waals surface area (Å²) in [7, 11) is 0. The highest BCUT2D eigenvalue weighted by molar-refractivity contribution is 5.82. The lowest BCUT2D eigenvalue weighted by Crippen LogP contribution is -2.28. The monoisotopic (exact) mass is 258 g/mol. The van der Waals surface area contributed by atoms with E-state index in [4.69, 9.17) is 0 Å². The third-order valence-electron chi connectivity index (χ3n) is 3.27. The predicted molar refractivity (Wildman–Crippen MR) is 79.1 cm³/mol. The number of nitrogens with zero attached hydrogens (tertiary/aromatic N) is 1. The highest BCUT2D eigenvalue weighted by Gasteiger charge is 2.08. The SMILES string of the molecule is Cc1cc(CNC(C)CC(C)O)c2ccccc2n1. The average Bonchev–Trinajstić information content (AvgIpc) is 2.35. The molecule has 0 radical (unpaired) electrons. The minimum atomic E-state index is -0.265. The fourth-order valence-electron chi connectivity index (χ4n) is 2.42. The third kappa shape index (κ3) is 3.75. The maximum Gasteiger partial charge on any atom is 0.0708 e. The average molecular weight is 258 g/mol. The van der Waals surface area contributed by atoms with E-state index in [9.17, 15) is 5.11 Å². The zero-order valence-electron chi connectivity index (χ0n) is 11.9. The molecule has 0 spiro atoms. The number of pyridine rings is 1. The van der Waals surface area contributed by atoms with Gasteiger partial charge in [-0.15, -0.1) is 0 Å². The van der Waals surface area contributed by atoms with E-state index in [1.54, 1.807) is 0 Å². The number of para-hydroxylation sites is 1. The Bertz CT molecular complexity index is 551. The van der Waals surface area contributed by atoms with E-state index in [2.05, 4.69) is 29.4 Å². The molecule has 0 bridgehead atoms. The van der Waals surface area contributed by atoms with Crippen molar-refractivity contribution in [2.45, 2.75) is 45.9 Å². The Kier molecular flexibility index (Phi) is 4.51. The number of aryl methyl sites for hydroxylation is 1. The number of hydrogen-bond donors (Lipinski definition) is 2. The van der Waals surface area contributed by atoms with Gasteiger partial charge in [-0.1, -0.05) is 18.2 Å². The molecule has 0 fully saturated rings. The van der Waals surface area contributed by atoms with E-state index >= 15 is 0 Å². The van der Waals surface area contributed by atoms with Gasteiger partial charge in [0, 0.05) is 23.7 Å². The Morgan fingerprint density at radius 1 is 1.26 bits per heavy atom. The van der Waals surface area contributed by atoms with Crippen molar-refractivity contribution in [3.05, 3.63) is 41.6 Å². The minimum Gasteiger partial charge on any atom is -0.393 e. The standard InChI is InChI=1S/C16H22N2O/c1-11(8-13(3)19)17-10-14-9-12(2)18-16-7-5-4-6-15(14)16/h4-7,9,11,13,17,19H,8,10H2,1-3H3. The first-order valence-corrected chi connectivity index (χ1v) is 6.83. The van der Waals surface area contributed by atoms with Crippen LogP contribution in [0.3, 0.4) is 0 Å². The molecule has 2 aromatic rings. The first-order valence-electron chi connectivity index (χ1n) is 6.83. The van der Waals surface area contributed by atoms with Crippen LogP contribution in [0.4, 0.5) is 0 Å². The molecule has 1 aromatic heterocycles. The number of rotatable bonds is 5. The van der Waals surface area contributed by atoms with Gasteiger partial charge in [-0.05, 0) is 44.9 Å². The zero-order valence-corrected chi connectivity index (χ0v) is 11.9. The quantitative estimate of drug-likeness (QED) is 0.867. The highest BCUT2D eigenvalue weighted by atomic mass is 16.3. The Morgan fingerprint density at radius 2 is 2.00 bits per heavy atom. The molecule has 3 heteroatoms. The molecule has 0 aliphatic heterocycles. The summed E-state index contributed by atoms with van der Waals surface area (Å²) in [5.41, 5.74) is 3.35. The summed E-state index contributed by atoms with van der Waals surface area (Å²) < 4.78 is 0. The van der Waals surface area contributed by atoms with Crippen LogP contribution in [0.25, 0.3) is 10.9 Å². The molecule has 0 aliphatic rings. The summed E-state index contributed by atoms with van der Waals surface area (Å²) in [5, 5.41) is 14.0. The molecular formula is C16H22N2O. The first kappa shape index (κ1) is 14.0. The molecule has 0 saturated heterocycles. The Balaban J connectivity index is 2.16. The van der Waals surface area contributed by atoms with E-state index in [1.165, 1.54) is 10.9 Å². The Morgan fingerprint density at radius 3 is 2.74 bits per heavy atom. The summed E-state index contributed by atoms with van der Waals surface area (Å²) in [6.45, 7) is 6.75. The second-order valence-electron chi connectivity index (χ2n) is 5.31. The van der Waals surface area contributed by atoms with Crippen LogP contribution in [-0.4, -0.2) is 22.2 Å². The van der Waals surface area contributed by atoms with Crippen molar-refractivity contribution in [2.24, 2.45) is 0 Å². The number of fused-ring (bicyclic) bond motifs is 1. The third-order valence-corrected chi connectivity index (χ3v) is 3.27. The van der Waals surface area contributed by atoms with Crippen molar-refractivity contribution in [2.75, 3.05) is 0 Å². The molecule has 3 nitrogen and oxygen atoms in total. The van der Waals surface area contributed by atoms with Crippen molar-refractivity contribution in [1.29, 1.82) is 0 Å². The van der Waals surface area contributed by atoms with Gasteiger partial charge < -0.3 is 10.4 Å². The van der Waals surface area contributed by atoms with Gasteiger partial charge in [0.05, 0.1) is 11.6 Å². The first-order chi connectivity index (χ1) is 9.06. The molecular weight excluding hydrogens is 236 g/mol. The second kappa shape index (κ2) is 6.13. The number of aliphatic hydroxyl groups is 1. The van der Waals surface area contributed by atoms with Crippen LogP contribution in [0.5, 0.6) is 0 Å². The molecule has 0 amide bonds.